The van der Waals surface area contributed by atoms with Gasteiger partial charge in [0.15, 0.2) is 0 Å². The smallest absolute Gasteiger partial charge is 0.0654 e. The molecule has 0 aliphatic carbocycles. The monoisotopic (exact) mass is 187 g/mol. The van der Waals surface area contributed by atoms with Crippen LogP contribution in [0.4, 0.5) is 0 Å². The molecule has 0 heterocycles. The molecule has 0 atom stereocenters. The van der Waals surface area contributed by atoms with Gasteiger partial charge in [-0.25, -0.2) is 0 Å². The molecule has 0 saturated heterocycles. The maximum absolute atomic E-state index is 4.04. The molecule has 0 aliphatic rings. The van der Waals surface area contributed by atoms with Crippen LogP contribution in [0.1, 0.15) is 30.9 Å². The van der Waals surface area contributed by atoms with Gasteiger partial charge in [0.25, 0.3) is 0 Å². The van der Waals surface area contributed by atoms with Gasteiger partial charge in [-0.2, -0.15) is 0 Å². The van der Waals surface area contributed by atoms with Gasteiger partial charge in [-0.3, -0.25) is 4.99 Å². The molecule has 1 heteroatoms. The molecule has 1 aromatic rings. The van der Waals surface area contributed by atoms with Crippen LogP contribution in [0.15, 0.2) is 35.3 Å². The predicted octanol–water partition coefficient (Wildman–Crippen LogP) is 3.84. The summed E-state index contributed by atoms with van der Waals surface area (Å²) in [5.41, 5.74) is 3.42. The summed E-state index contributed by atoms with van der Waals surface area (Å²) in [6.45, 7) is 7.84. The molecule has 0 aliphatic heterocycles. The first-order chi connectivity index (χ1) is 6.77. The lowest BCUT2D eigenvalue weighted by Crippen LogP contribution is -1.81. The second-order valence-corrected chi connectivity index (χ2v) is 3.40. The van der Waals surface area contributed by atoms with Crippen LogP contribution in [-0.2, 0) is 0 Å². The summed E-state index contributed by atoms with van der Waals surface area (Å²) in [6.07, 6.45) is 4.34. The molecular formula is C13H17N. The van der Waals surface area contributed by atoms with Gasteiger partial charge < -0.3 is 0 Å². The van der Waals surface area contributed by atoms with E-state index in [2.05, 4.69) is 55.9 Å². The van der Waals surface area contributed by atoms with Crippen molar-refractivity contribution >= 4 is 12.4 Å². The molecule has 0 N–H and O–H groups in total. The Kier molecular flexibility index (Phi) is 4.11. The molecule has 1 rings (SSSR count). The van der Waals surface area contributed by atoms with Crippen LogP contribution in [0.2, 0.25) is 0 Å². The minimum Gasteiger partial charge on any atom is -0.264 e. The summed E-state index contributed by atoms with van der Waals surface area (Å²) in [5.74, 6) is 0. The summed E-state index contributed by atoms with van der Waals surface area (Å²) in [5, 5.41) is 0. The third-order valence-electron chi connectivity index (χ3n) is 2.14. The highest BCUT2D eigenvalue weighted by Gasteiger charge is 1.96. The molecule has 0 unspecified atom stereocenters. The van der Waals surface area contributed by atoms with Crippen molar-refractivity contribution in [1.29, 1.82) is 0 Å². The van der Waals surface area contributed by atoms with Crippen LogP contribution in [0.5, 0.6) is 0 Å². The zero-order chi connectivity index (χ0) is 10.4. The van der Waals surface area contributed by atoms with Gasteiger partial charge >= 0.3 is 0 Å². The van der Waals surface area contributed by atoms with Crippen LogP contribution < -0.4 is 0 Å². The quantitative estimate of drug-likeness (QED) is 0.635. The largest absolute Gasteiger partial charge is 0.264 e. The summed E-state index contributed by atoms with van der Waals surface area (Å²) in [6, 6.07) is 8.37. The van der Waals surface area contributed by atoms with E-state index < -0.39 is 0 Å². The number of allylic oxidation sites excluding steroid dienone is 1. The maximum Gasteiger partial charge on any atom is 0.0654 e. The van der Waals surface area contributed by atoms with Gasteiger partial charge in [-0.15, -0.1) is 0 Å². The van der Waals surface area contributed by atoms with Crippen LogP contribution in [-0.4, -0.2) is 6.72 Å². The average Bonchev–Trinajstić information content (AvgIpc) is 2.21. The van der Waals surface area contributed by atoms with Crippen LogP contribution in [0, 0.1) is 6.92 Å². The first kappa shape index (κ1) is 10.7. The highest BCUT2D eigenvalue weighted by atomic mass is 14.7. The van der Waals surface area contributed by atoms with E-state index in [1.54, 1.807) is 0 Å². The van der Waals surface area contributed by atoms with Crippen molar-refractivity contribution in [2.45, 2.75) is 26.7 Å². The lowest BCUT2D eigenvalue weighted by molar-refractivity contribution is 0.958. The fourth-order valence-corrected chi connectivity index (χ4v) is 1.28. The Morgan fingerprint density at radius 2 is 2.00 bits per heavy atom. The van der Waals surface area contributed by atoms with Crippen molar-refractivity contribution in [2.24, 2.45) is 4.99 Å². The molecule has 0 bridgehead atoms. The minimum absolute atomic E-state index is 0.992. The minimum atomic E-state index is 0.992. The molecule has 1 aromatic carbocycles. The Balaban J connectivity index is 2.89. The highest BCUT2D eigenvalue weighted by Crippen LogP contribution is 2.16. The van der Waals surface area contributed by atoms with E-state index in [0.717, 1.165) is 24.1 Å². The normalized spacial score (nSPS) is 11.4. The maximum atomic E-state index is 4.04. The van der Waals surface area contributed by atoms with Crippen molar-refractivity contribution in [2.75, 3.05) is 0 Å². The number of rotatable bonds is 4. The van der Waals surface area contributed by atoms with E-state index in [1.165, 1.54) is 5.56 Å². The second-order valence-electron chi connectivity index (χ2n) is 3.40. The Morgan fingerprint density at radius 1 is 1.36 bits per heavy atom. The van der Waals surface area contributed by atoms with Gasteiger partial charge in [-0.1, -0.05) is 49.2 Å². The van der Waals surface area contributed by atoms with Gasteiger partial charge in [-0.05, 0) is 25.6 Å². The van der Waals surface area contributed by atoms with Gasteiger partial charge in [0, 0.05) is 0 Å². The topological polar surface area (TPSA) is 12.4 Å². The van der Waals surface area contributed by atoms with Crippen molar-refractivity contribution < 1.29 is 0 Å². The van der Waals surface area contributed by atoms with Crippen molar-refractivity contribution in [3.8, 4) is 0 Å². The van der Waals surface area contributed by atoms with Crippen molar-refractivity contribution in [3.63, 3.8) is 0 Å². The molecule has 1 nitrogen and oxygen atoms in total. The SMILES string of the molecule is C=N/C(=C\CCC)c1ccc(C)cc1. The Labute approximate surface area is 86.2 Å². The van der Waals surface area contributed by atoms with Crippen LogP contribution in [0.3, 0.4) is 0 Å². The molecule has 74 valence electrons. The number of hydrogen-bond acceptors (Lipinski definition) is 1. The summed E-state index contributed by atoms with van der Waals surface area (Å²) >= 11 is 0. The molecule has 0 spiro atoms. The Bertz CT molecular complexity index is 320. The number of benzene rings is 1. The van der Waals surface area contributed by atoms with E-state index in [-0.39, 0.29) is 0 Å². The van der Waals surface area contributed by atoms with E-state index in [9.17, 15) is 0 Å². The highest BCUT2D eigenvalue weighted by molar-refractivity contribution is 5.67. The summed E-state index contributed by atoms with van der Waals surface area (Å²) < 4.78 is 0. The van der Waals surface area contributed by atoms with Crippen LogP contribution >= 0.6 is 0 Å². The number of nitrogens with zero attached hydrogens (tertiary/aromatic N) is 1. The first-order valence-corrected chi connectivity index (χ1v) is 5.02. The molecule has 0 amide bonds. The molecular weight excluding hydrogens is 170 g/mol. The summed E-state index contributed by atoms with van der Waals surface area (Å²) in [4.78, 5) is 4.04. The number of aryl methyl sites for hydroxylation is 1. The molecule has 0 radical (unpaired) electrons. The van der Waals surface area contributed by atoms with E-state index in [4.69, 9.17) is 0 Å². The van der Waals surface area contributed by atoms with Gasteiger partial charge in [0.2, 0.25) is 0 Å². The molecule has 0 saturated carbocycles. The van der Waals surface area contributed by atoms with Gasteiger partial charge in [0.05, 0.1) is 5.70 Å². The van der Waals surface area contributed by atoms with E-state index in [0.29, 0.717) is 0 Å². The lowest BCUT2D eigenvalue weighted by Gasteiger charge is -2.01. The number of aliphatic imine (C=N–C) groups is 1. The van der Waals surface area contributed by atoms with E-state index >= 15 is 0 Å². The number of hydrogen-bond donors (Lipinski definition) is 0. The van der Waals surface area contributed by atoms with Crippen molar-refractivity contribution in [3.05, 3.63) is 41.5 Å². The Morgan fingerprint density at radius 3 is 2.50 bits per heavy atom. The molecule has 14 heavy (non-hydrogen) atoms. The average molecular weight is 187 g/mol. The first-order valence-electron chi connectivity index (χ1n) is 5.02. The van der Waals surface area contributed by atoms with Crippen LogP contribution in [0.25, 0.3) is 5.70 Å². The zero-order valence-electron chi connectivity index (χ0n) is 8.96. The zero-order valence-corrected chi connectivity index (χ0v) is 8.96. The van der Waals surface area contributed by atoms with Gasteiger partial charge in [0.1, 0.15) is 0 Å². The second kappa shape index (κ2) is 5.38. The third kappa shape index (κ3) is 2.84. The fraction of sp³-hybridized carbons (Fsp3) is 0.308. The Hall–Kier alpha value is -1.37. The summed E-state index contributed by atoms with van der Waals surface area (Å²) in [7, 11) is 0. The lowest BCUT2D eigenvalue weighted by atomic mass is 10.1. The standard InChI is InChI=1S/C13H17N/c1-4-5-6-13(14-3)12-9-7-11(2)8-10-12/h6-10H,3-5H2,1-2H3/b13-6-. The molecule has 0 fully saturated rings. The number of unbranched alkanes of at least 4 members (excludes halogenated alkanes) is 1. The van der Waals surface area contributed by atoms with E-state index in [1.807, 2.05) is 0 Å². The van der Waals surface area contributed by atoms with Crippen molar-refractivity contribution in [1.82, 2.24) is 0 Å². The predicted molar refractivity (Wildman–Crippen MR) is 63.6 cm³/mol. The third-order valence-corrected chi connectivity index (χ3v) is 2.14. The fourth-order valence-electron chi connectivity index (χ4n) is 1.28. The molecule has 0 aromatic heterocycles.